The molecule has 0 saturated carbocycles. The van der Waals surface area contributed by atoms with Crippen LogP contribution in [0.25, 0.3) is 0 Å². The van der Waals surface area contributed by atoms with Gasteiger partial charge in [0.2, 0.25) is 11.8 Å². The monoisotopic (exact) mass is 368 g/mol. The molecule has 0 radical (unpaired) electrons. The maximum Gasteiger partial charge on any atom is 0.244 e. The minimum atomic E-state index is -0.271. The van der Waals surface area contributed by atoms with Crippen LogP contribution in [0.2, 0.25) is 0 Å². The molecule has 3 rings (SSSR count). The molecule has 0 aromatic heterocycles. The van der Waals surface area contributed by atoms with E-state index in [1.165, 1.54) is 11.8 Å². The number of para-hydroxylation sites is 1. The van der Waals surface area contributed by atoms with Crippen LogP contribution >= 0.6 is 0 Å². The number of carbonyl (C=O) groups is 2. The Morgan fingerprint density at radius 2 is 1.85 bits per heavy atom. The van der Waals surface area contributed by atoms with Crippen molar-refractivity contribution in [2.45, 2.75) is 27.2 Å². The molecule has 1 N–H and O–H groups in total. The first-order chi connectivity index (χ1) is 13.0. The number of rotatable bonds is 5. The molecular weight excluding hydrogens is 344 g/mol. The number of hydrogen-bond acceptors (Lipinski definition) is 4. The van der Waals surface area contributed by atoms with Crippen molar-refractivity contribution >= 4 is 23.2 Å². The Bertz CT molecular complexity index is 863. The van der Waals surface area contributed by atoms with Crippen LogP contribution in [0.4, 0.5) is 11.4 Å². The van der Waals surface area contributed by atoms with Crippen LogP contribution in [0.1, 0.15) is 25.0 Å². The van der Waals surface area contributed by atoms with Crippen molar-refractivity contribution in [3.05, 3.63) is 47.5 Å². The molecule has 0 atom stereocenters. The normalized spacial score (nSPS) is 12.4. The predicted octanol–water partition coefficient (Wildman–Crippen LogP) is 3.32. The number of ether oxygens (including phenoxy) is 2. The largest absolute Gasteiger partial charge is 0.486 e. The Morgan fingerprint density at radius 1 is 1.11 bits per heavy atom. The van der Waals surface area contributed by atoms with E-state index in [2.05, 4.69) is 5.32 Å². The Hall–Kier alpha value is -3.02. The highest BCUT2D eigenvalue weighted by Gasteiger charge is 2.21. The summed E-state index contributed by atoms with van der Waals surface area (Å²) in [5, 5.41) is 2.84. The van der Waals surface area contributed by atoms with Gasteiger partial charge in [0.1, 0.15) is 19.8 Å². The van der Waals surface area contributed by atoms with E-state index in [0.29, 0.717) is 30.4 Å². The lowest BCUT2D eigenvalue weighted by molar-refractivity contribution is -0.120. The lowest BCUT2D eigenvalue weighted by atomic mass is 10.0. The quantitative estimate of drug-likeness (QED) is 0.879. The fraction of sp³-hybridized carbons (Fsp3) is 0.333. The molecule has 0 aliphatic carbocycles. The first-order valence-corrected chi connectivity index (χ1v) is 9.05. The van der Waals surface area contributed by atoms with Gasteiger partial charge in [0.25, 0.3) is 0 Å². The summed E-state index contributed by atoms with van der Waals surface area (Å²) in [6, 6.07) is 11.2. The van der Waals surface area contributed by atoms with Gasteiger partial charge < -0.3 is 19.7 Å². The van der Waals surface area contributed by atoms with Gasteiger partial charge >= 0.3 is 0 Å². The molecule has 1 aliphatic rings. The maximum atomic E-state index is 12.6. The van der Waals surface area contributed by atoms with Gasteiger partial charge in [-0.2, -0.15) is 0 Å². The van der Waals surface area contributed by atoms with E-state index in [1.54, 1.807) is 18.2 Å². The molecular formula is C21H24N2O4. The number of nitrogens with zero attached hydrogens (tertiary/aromatic N) is 1. The molecule has 0 unspecified atom stereocenters. The third kappa shape index (κ3) is 4.22. The molecule has 0 saturated heterocycles. The number of benzene rings is 2. The Balaban J connectivity index is 1.78. The van der Waals surface area contributed by atoms with Crippen LogP contribution in [0.3, 0.4) is 0 Å². The average Bonchev–Trinajstić information content (AvgIpc) is 2.66. The molecule has 6 nitrogen and oxygen atoms in total. The SMILES string of the molecule is CCc1cccc(C)c1N(CC(=O)Nc1ccc2c(c1)OCCO2)C(C)=O. The van der Waals surface area contributed by atoms with Crippen LogP contribution in [-0.2, 0) is 16.0 Å². The number of amides is 2. The number of fused-ring (bicyclic) bond motifs is 1. The second kappa shape index (κ2) is 8.12. The van der Waals surface area contributed by atoms with E-state index in [1.807, 2.05) is 32.0 Å². The van der Waals surface area contributed by atoms with E-state index in [9.17, 15) is 9.59 Å². The molecule has 142 valence electrons. The number of hydrogen-bond donors (Lipinski definition) is 1. The highest BCUT2D eigenvalue weighted by atomic mass is 16.6. The first kappa shape index (κ1) is 18.8. The minimum Gasteiger partial charge on any atom is -0.486 e. The standard InChI is InChI=1S/C21H24N2O4/c1-4-16-7-5-6-14(2)21(16)23(15(3)24)13-20(25)22-17-8-9-18-19(12-17)27-11-10-26-18/h5-9,12H,4,10-11,13H2,1-3H3,(H,22,25). The van der Waals surface area contributed by atoms with Gasteiger partial charge in [-0.05, 0) is 36.6 Å². The van der Waals surface area contributed by atoms with Crippen molar-refractivity contribution < 1.29 is 19.1 Å². The zero-order valence-corrected chi connectivity index (χ0v) is 15.9. The van der Waals surface area contributed by atoms with Gasteiger partial charge in [-0.15, -0.1) is 0 Å². The van der Waals surface area contributed by atoms with Gasteiger partial charge in [-0.25, -0.2) is 0 Å². The van der Waals surface area contributed by atoms with Gasteiger partial charge in [0, 0.05) is 18.7 Å². The summed E-state index contributed by atoms with van der Waals surface area (Å²) in [5.41, 5.74) is 3.42. The molecule has 2 amide bonds. The summed E-state index contributed by atoms with van der Waals surface area (Å²) in [6.45, 7) is 6.40. The lowest BCUT2D eigenvalue weighted by Gasteiger charge is -2.25. The van der Waals surface area contributed by atoms with Crippen molar-refractivity contribution in [2.75, 3.05) is 30.0 Å². The van der Waals surface area contributed by atoms with E-state index >= 15 is 0 Å². The molecule has 1 heterocycles. The maximum absolute atomic E-state index is 12.6. The first-order valence-electron chi connectivity index (χ1n) is 9.05. The van der Waals surface area contributed by atoms with Crippen LogP contribution in [0.15, 0.2) is 36.4 Å². The van der Waals surface area contributed by atoms with E-state index in [0.717, 1.165) is 23.2 Å². The predicted molar refractivity (Wildman–Crippen MR) is 105 cm³/mol. The molecule has 0 bridgehead atoms. The van der Waals surface area contributed by atoms with E-state index < -0.39 is 0 Å². The van der Waals surface area contributed by atoms with Crippen LogP contribution in [-0.4, -0.2) is 31.6 Å². The fourth-order valence-corrected chi connectivity index (χ4v) is 3.20. The average molecular weight is 368 g/mol. The van der Waals surface area contributed by atoms with Crippen LogP contribution in [0, 0.1) is 6.92 Å². The zero-order valence-electron chi connectivity index (χ0n) is 15.9. The summed E-state index contributed by atoms with van der Waals surface area (Å²) in [5.74, 6) is 0.829. The van der Waals surface area contributed by atoms with Gasteiger partial charge in [0.15, 0.2) is 11.5 Å². The van der Waals surface area contributed by atoms with Crippen molar-refractivity contribution in [3.8, 4) is 11.5 Å². The summed E-state index contributed by atoms with van der Waals surface area (Å²) in [7, 11) is 0. The second-order valence-electron chi connectivity index (χ2n) is 6.45. The van der Waals surface area contributed by atoms with Gasteiger partial charge in [0.05, 0.1) is 5.69 Å². The second-order valence-corrected chi connectivity index (χ2v) is 6.45. The van der Waals surface area contributed by atoms with E-state index in [-0.39, 0.29) is 18.4 Å². The molecule has 2 aromatic carbocycles. The van der Waals surface area contributed by atoms with Crippen molar-refractivity contribution in [3.63, 3.8) is 0 Å². The molecule has 2 aromatic rings. The smallest absolute Gasteiger partial charge is 0.244 e. The summed E-state index contributed by atoms with van der Waals surface area (Å²) < 4.78 is 11.0. The zero-order chi connectivity index (χ0) is 19.4. The Labute approximate surface area is 159 Å². The molecule has 0 fully saturated rings. The van der Waals surface area contributed by atoms with Gasteiger partial charge in [-0.3, -0.25) is 9.59 Å². The summed E-state index contributed by atoms with van der Waals surface area (Å²) >= 11 is 0. The highest BCUT2D eigenvalue weighted by molar-refractivity contribution is 6.02. The van der Waals surface area contributed by atoms with Crippen LogP contribution < -0.4 is 19.7 Å². The number of aryl methyl sites for hydroxylation is 2. The lowest BCUT2D eigenvalue weighted by Crippen LogP contribution is -2.37. The molecule has 6 heteroatoms. The third-order valence-electron chi connectivity index (χ3n) is 4.48. The molecule has 27 heavy (non-hydrogen) atoms. The number of nitrogens with one attached hydrogen (secondary N) is 1. The van der Waals surface area contributed by atoms with Crippen molar-refractivity contribution in [1.82, 2.24) is 0 Å². The summed E-state index contributed by atoms with van der Waals surface area (Å²) in [4.78, 5) is 26.4. The summed E-state index contributed by atoms with van der Waals surface area (Å²) in [6.07, 6.45) is 0.782. The fourth-order valence-electron chi connectivity index (χ4n) is 3.20. The topological polar surface area (TPSA) is 67.9 Å². The molecule has 0 spiro atoms. The highest BCUT2D eigenvalue weighted by Crippen LogP contribution is 2.32. The van der Waals surface area contributed by atoms with E-state index in [4.69, 9.17) is 9.47 Å². The van der Waals surface area contributed by atoms with Gasteiger partial charge in [-0.1, -0.05) is 25.1 Å². The van der Waals surface area contributed by atoms with Crippen molar-refractivity contribution in [1.29, 1.82) is 0 Å². The third-order valence-corrected chi connectivity index (χ3v) is 4.48. The number of anilines is 2. The van der Waals surface area contributed by atoms with Crippen molar-refractivity contribution in [2.24, 2.45) is 0 Å². The minimum absolute atomic E-state index is 0.0539. The Morgan fingerprint density at radius 3 is 2.56 bits per heavy atom. The van der Waals surface area contributed by atoms with Crippen LogP contribution in [0.5, 0.6) is 11.5 Å². The number of carbonyl (C=O) groups excluding carboxylic acids is 2. The Kier molecular flexibility index (Phi) is 5.64. The molecule has 1 aliphatic heterocycles.